The molecule has 0 radical (unpaired) electrons. The third kappa shape index (κ3) is 6.89. The molecule has 0 atom stereocenters. The summed E-state index contributed by atoms with van der Waals surface area (Å²) in [5, 5.41) is 14.6. The van der Waals surface area contributed by atoms with Crippen molar-refractivity contribution in [3.63, 3.8) is 0 Å². The summed E-state index contributed by atoms with van der Waals surface area (Å²) in [6.45, 7) is 4.48. The van der Waals surface area contributed by atoms with Crippen molar-refractivity contribution < 1.29 is 4.74 Å². The van der Waals surface area contributed by atoms with Crippen LogP contribution in [0.15, 0.2) is 35.6 Å². The maximum absolute atomic E-state index is 5.17. The lowest BCUT2D eigenvalue weighted by Gasteiger charge is -2.12. The van der Waals surface area contributed by atoms with E-state index in [9.17, 15) is 0 Å². The number of hydrogen-bond acceptors (Lipinski definition) is 4. The highest BCUT2D eigenvalue weighted by Gasteiger charge is 2.02. The number of nitrogens with zero attached hydrogens (tertiary/aromatic N) is 4. The minimum absolute atomic E-state index is 0. The first-order chi connectivity index (χ1) is 11.8. The molecular weight excluding hydrogens is 431 g/mol. The highest BCUT2D eigenvalue weighted by Crippen LogP contribution is 2.11. The highest BCUT2D eigenvalue weighted by molar-refractivity contribution is 14.0. The molecule has 2 aromatic rings. The van der Waals surface area contributed by atoms with Crippen molar-refractivity contribution in [2.45, 2.75) is 26.3 Å². The van der Waals surface area contributed by atoms with Crippen molar-refractivity contribution in [3.05, 3.63) is 42.0 Å². The van der Waals surface area contributed by atoms with Crippen molar-refractivity contribution in [1.82, 2.24) is 25.4 Å². The van der Waals surface area contributed by atoms with Crippen molar-refractivity contribution in [2.24, 2.45) is 4.99 Å². The standard InChI is InChI=1S/C17H26N6O.HI/c1-4-16-22-21-13-23(16)12-11-20-17(18-2)19-10-9-14-5-7-15(24-3)8-6-14;/h5-8,13H,4,9-12H2,1-3H3,(H2,18,19,20);1H. The Kier molecular flexibility index (Phi) is 9.90. The Morgan fingerprint density at radius 3 is 2.56 bits per heavy atom. The second-order valence-electron chi connectivity index (χ2n) is 5.32. The molecule has 1 aromatic carbocycles. The van der Waals surface area contributed by atoms with E-state index in [0.717, 1.165) is 50.0 Å². The van der Waals surface area contributed by atoms with E-state index >= 15 is 0 Å². The van der Waals surface area contributed by atoms with Crippen LogP contribution >= 0.6 is 24.0 Å². The summed E-state index contributed by atoms with van der Waals surface area (Å²) < 4.78 is 7.22. The average Bonchev–Trinajstić information content (AvgIpc) is 3.08. The number of aliphatic imine (C=N–C) groups is 1. The zero-order valence-electron chi connectivity index (χ0n) is 15.0. The molecule has 0 fully saturated rings. The second kappa shape index (κ2) is 11.7. The number of aryl methyl sites for hydroxylation is 1. The number of nitrogens with one attached hydrogen (secondary N) is 2. The van der Waals surface area contributed by atoms with Gasteiger partial charge in [-0.1, -0.05) is 19.1 Å². The van der Waals surface area contributed by atoms with Crippen LogP contribution in [0.25, 0.3) is 0 Å². The van der Waals surface area contributed by atoms with E-state index in [1.165, 1.54) is 5.56 Å². The predicted octanol–water partition coefficient (Wildman–Crippen LogP) is 1.87. The zero-order chi connectivity index (χ0) is 17.2. The highest BCUT2D eigenvalue weighted by atomic mass is 127. The number of hydrogen-bond donors (Lipinski definition) is 2. The number of halogens is 1. The first kappa shape index (κ1) is 21.2. The summed E-state index contributed by atoms with van der Waals surface area (Å²) in [7, 11) is 3.45. The number of methoxy groups -OCH3 is 1. The minimum Gasteiger partial charge on any atom is -0.497 e. The van der Waals surface area contributed by atoms with Crippen LogP contribution in [0, 0.1) is 0 Å². The van der Waals surface area contributed by atoms with E-state index in [0.29, 0.717) is 0 Å². The van der Waals surface area contributed by atoms with Crippen LogP contribution < -0.4 is 15.4 Å². The molecular formula is C17H27IN6O. The predicted molar refractivity (Wildman–Crippen MR) is 111 cm³/mol. The van der Waals surface area contributed by atoms with E-state index in [4.69, 9.17) is 4.74 Å². The van der Waals surface area contributed by atoms with Gasteiger partial charge < -0.3 is 19.9 Å². The van der Waals surface area contributed by atoms with Crippen LogP contribution in [0.1, 0.15) is 18.3 Å². The fourth-order valence-corrected chi connectivity index (χ4v) is 2.37. The lowest BCUT2D eigenvalue weighted by atomic mass is 10.1. The summed E-state index contributed by atoms with van der Waals surface area (Å²) in [5.41, 5.74) is 1.26. The number of aromatic nitrogens is 3. The summed E-state index contributed by atoms with van der Waals surface area (Å²) in [6.07, 6.45) is 3.57. The number of ether oxygens (including phenoxy) is 1. The number of benzene rings is 1. The van der Waals surface area contributed by atoms with Gasteiger partial charge in [-0.2, -0.15) is 0 Å². The van der Waals surface area contributed by atoms with Crippen LogP contribution in [0.2, 0.25) is 0 Å². The lowest BCUT2D eigenvalue weighted by molar-refractivity contribution is 0.414. The van der Waals surface area contributed by atoms with Gasteiger partial charge in [0.25, 0.3) is 0 Å². The maximum atomic E-state index is 5.17. The quantitative estimate of drug-likeness (QED) is 0.359. The van der Waals surface area contributed by atoms with Crippen LogP contribution in [-0.2, 0) is 19.4 Å². The minimum atomic E-state index is 0. The number of rotatable bonds is 8. The summed E-state index contributed by atoms with van der Waals surface area (Å²) in [4.78, 5) is 4.24. The Morgan fingerprint density at radius 2 is 1.92 bits per heavy atom. The normalized spacial score (nSPS) is 10.9. The van der Waals surface area contributed by atoms with Crippen LogP contribution in [0.4, 0.5) is 0 Å². The molecule has 0 aliphatic rings. The molecule has 0 aliphatic heterocycles. The topological polar surface area (TPSA) is 76.4 Å². The van der Waals surface area contributed by atoms with E-state index in [1.54, 1.807) is 20.5 Å². The van der Waals surface area contributed by atoms with Gasteiger partial charge in [0.2, 0.25) is 0 Å². The third-order valence-corrected chi connectivity index (χ3v) is 3.75. The van der Waals surface area contributed by atoms with E-state index in [2.05, 4.69) is 49.4 Å². The molecule has 25 heavy (non-hydrogen) atoms. The molecule has 8 heteroatoms. The molecule has 0 aliphatic carbocycles. The molecule has 1 heterocycles. The Morgan fingerprint density at radius 1 is 1.20 bits per heavy atom. The van der Waals surface area contributed by atoms with Crippen molar-refractivity contribution in [3.8, 4) is 5.75 Å². The van der Waals surface area contributed by atoms with Crippen molar-refractivity contribution in [2.75, 3.05) is 27.2 Å². The maximum Gasteiger partial charge on any atom is 0.191 e. The first-order valence-electron chi connectivity index (χ1n) is 8.21. The van der Waals surface area contributed by atoms with Gasteiger partial charge >= 0.3 is 0 Å². The lowest BCUT2D eigenvalue weighted by Crippen LogP contribution is -2.39. The molecule has 0 saturated heterocycles. The number of guanidine groups is 1. The van der Waals surface area contributed by atoms with Crippen molar-refractivity contribution in [1.29, 1.82) is 0 Å². The molecule has 0 spiro atoms. The van der Waals surface area contributed by atoms with Crippen LogP contribution in [0.3, 0.4) is 0 Å². The van der Waals surface area contributed by atoms with E-state index in [1.807, 2.05) is 12.1 Å². The SMILES string of the molecule is CCc1nncn1CCNC(=NC)NCCc1ccc(OC)cc1.I. The Labute approximate surface area is 166 Å². The average molecular weight is 458 g/mol. The second-order valence-corrected chi connectivity index (χ2v) is 5.32. The van der Waals surface area contributed by atoms with E-state index in [-0.39, 0.29) is 24.0 Å². The molecule has 2 rings (SSSR count). The van der Waals surface area contributed by atoms with Crippen LogP contribution in [0.5, 0.6) is 5.75 Å². The summed E-state index contributed by atoms with van der Waals surface area (Å²) in [6, 6.07) is 8.11. The molecule has 0 amide bonds. The van der Waals surface area contributed by atoms with Gasteiger partial charge in [-0.15, -0.1) is 34.2 Å². The monoisotopic (exact) mass is 458 g/mol. The smallest absolute Gasteiger partial charge is 0.191 e. The van der Waals surface area contributed by atoms with Crippen LogP contribution in [-0.4, -0.2) is 48.0 Å². The molecule has 0 saturated carbocycles. The van der Waals surface area contributed by atoms with Gasteiger partial charge in [0, 0.05) is 33.1 Å². The van der Waals surface area contributed by atoms with Crippen molar-refractivity contribution >= 4 is 29.9 Å². The first-order valence-corrected chi connectivity index (χ1v) is 8.21. The van der Waals surface area contributed by atoms with Gasteiger partial charge in [0.15, 0.2) is 5.96 Å². The Bertz CT molecular complexity index is 641. The molecule has 0 unspecified atom stereocenters. The van der Waals surface area contributed by atoms with Gasteiger partial charge in [-0.05, 0) is 24.1 Å². The fourth-order valence-electron chi connectivity index (χ4n) is 2.37. The third-order valence-electron chi connectivity index (χ3n) is 3.75. The molecule has 7 nitrogen and oxygen atoms in total. The van der Waals surface area contributed by atoms with Gasteiger partial charge in [0.1, 0.15) is 17.9 Å². The molecule has 1 aromatic heterocycles. The fraction of sp³-hybridized carbons (Fsp3) is 0.471. The van der Waals surface area contributed by atoms with E-state index < -0.39 is 0 Å². The summed E-state index contributed by atoms with van der Waals surface area (Å²) >= 11 is 0. The molecule has 2 N–H and O–H groups in total. The Balaban J connectivity index is 0.00000312. The summed E-state index contributed by atoms with van der Waals surface area (Å²) in [5.74, 6) is 2.68. The van der Waals surface area contributed by atoms with Gasteiger partial charge in [-0.25, -0.2) is 0 Å². The molecule has 0 bridgehead atoms. The molecule has 138 valence electrons. The zero-order valence-corrected chi connectivity index (χ0v) is 17.4. The van der Waals surface area contributed by atoms with Gasteiger partial charge in [-0.3, -0.25) is 4.99 Å². The Hall–Kier alpha value is -1.84. The largest absolute Gasteiger partial charge is 0.497 e. The van der Waals surface area contributed by atoms with Gasteiger partial charge in [0.05, 0.1) is 7.11 Å².